The van der Waals surface area contributed by atoms with Crippen molar-refractivity contribution >= 4 is 23.2 Å². The number of hydrogen-bond donors (Lipinski definition) is 1. The molecule has 2 aliphatic heterocycles. The molecular weight excluding hydrogens is 356 g/mol. The van der Waals surface area contributed by atoms with Gasteiger partial charge in [0.1, 0.15) is 5.76 Å². The number of likely N-dealkylation sites (N-methyl/N-ethyl adjacent to an activating group) is 1. The van der Waals surface area contributed by atoms with Gasteiger partial charge in [-0.15, -0.1) is 0 Å². The van der Waals surface area contributed by atoms with Gasteiger partial charge in [-0.3, -0.25) is 9.59 Å². The van der Waals surface area contributed by atoms with Gasteiger partial charge < -0.3 is 24.4 Å². The maximum Gasteiger partial charge on any atom is 0.229 e. The van der Waals surface area contributed by atoms with Crippen LogP contribution in [0.3, 0.4) is 0 Å². The molecule has 4 rings (SSSR count). The number of furan rings is 1. The number of anilines is 2. The molecule has 3 heterocycles. The van der Waals surface area contributed by atoms with Crippen molar-refractivity contribution < 1.29 is 14.0 Å². The van der Waals surface area contributed by atoms with E-state index in [2.05, 4.69) is 22.2 Å². The van der Waals surface area contributed by atoms with Crippen molar-refractivity contribution in [1.29, 1.82) is 0 Å². The number of nitrogens with one attached hydrogen (secondary N) is 1. The summed E-state index contributed by atoms with van der Waals surface area (Å²) >= 11 is 0. The Kier molecular flexibility index (Phi) is 5.34. The number of nitrogens with zero attached hydrogens (tertiary/aromatic N) is 3. The van der Waals surface area contributed by atoms with Crippen LogP contribution < -0.4 is 10.2 Å². The second-order valence-corrected chi connectivity index (χ2v) is 7.58. The van der Waals surface area contributed by atoms with Crippen molar-refractivity contribution in [3.8, 4) is 0 Å². The fourth-order valence-electron chi connectivity index (χ4n) is 3.76. The van der Waals surface area contributed by atoms with Crippen LogP contribution >= 0.6 is 0 Å². The SMILES string of the molecule is CN1CCN(c2ccc(NC(=O)C3CC(=O)N(Cc4ccco4)C3)cc2)CC1. The van der Waals surface area contributed by atoms with Crippen molar-refractivity contribution in [3.63, 3.8) is 0 Å². The number of hydrogen-bond acceptors (Lipinski definition) is 5. The number of piperazine rings is 1. The van der Waals surface area contributed by atoms with E-state index in [1.807, 2.05) is 30.3 Å². The van der Waals surface area contributed by atoms with Gasteiger partial charge in [-0.2, -0.15) is 0 Å². The smallest absolute Gasteiger partial charge is 0.229 e. The molecule has 7 heteroatoms. The standard InChI is InChI=1S/C21H26N4O3/c1-23-8-10-24(11-9-23)18-6-4-17(5-7-18)22-21(27)16-13-20(26)25(14-16)15-19-3-2-12-28-19/h2-7,12,16H,8-11,13-15H2,1H3,(H,22,27). The molecule has 0 saturated carbocycles. The number of rotatable bonds is 5. The first-order chi connectivity index (χ1) is 13.6. The van der Waals surface area contributed by atoms with E-state index in [4.69, 9.17) is 4.42 Å². The molecule has 28 heavy (non-hydrogen) atoms. The van der Waals surface area contributed by atoms with Crippen LogP contribution in [-0.2, 0) is 16.1 Å². The average Bonchev–Trinajstić information content (AvgIpc) is 3.34. The predicted molar refractivity (Wildman–Crippen MR) is 107 cm³/mol. The summed E-state index contributed by atoms with van der Waals surface area (Å²) in [5, 5.41) is 2.95. The topological polar surface area (TPSA) is 69.0 Å². The van der Waals surface area contributed by atoms with Gasteiger partial charge in [0.15, 0.2) is 0 Å². The fourth-order valence-corrected chi connectivity index (χ4v) is 3.76. The average molecular weight is 382 g/mol. The third-order valence-corrected chi connectivity index (χ3v) is 5.52. The lowest BCUT2D eigenvalue weighted by atomic mass is 10.1. The summed E-state index contributed by atoms with van der Waals surface area (Å²) in [5.41, 5.74) is 1.94. The Morgan fingerprint density at radius 2 is 1.89 bits per heavy atom. The zero-order valence-corrected chi connectivity index (χ0v) is 16.1. The molecule has 1 unspecified atom stereocenters. The van der Waals surface area contributed by atoms with Crippen molar-refractivity contribution in [1.82, 2.24) is 9.80 Å². The lowest BCUT2D eigenvalue weighted by Gasteiger charge is -2.34. The molecule has 2 aromatic rings. The monoisotopic (exact) mass is 382 g/mol. The van der Waals surface area contributed by atoms with Crippen molar-refractivity contribution in [2.24, 2.45) is 5.92 Å². The first kappa shape index (κ1) is 18.6. The first-order valence-corrected chi connectivity index (χ1v) is 9.73. The van der Waals surface area contributed by atoms with Crippen molar-refractivity contribution in [2.45, 2.75) is 13.0 Å². The van der Waals surface area contributed by atoms with E-state index in [1.54, 1.807) is 17.2 Å². The maximum absolute atomic E-state index is 12.6. The molecule has 0 radical (unpaired) electrons. The summed E-state index contributed by atoms with van der Waals surface area (Å²) in [6.45, 7) is 4.97. The predicted octanol–water partition coefficient (Wildman–Crippen LogP) is 2.02. The zero-order chi connectivity index (χ0) is 19.5. The lowest BCUT2D eigenvalue weighted by Crippen LogP contribution is -2.44. The molecule has 2 saturated heterocycles. The molecule has 2 aliphatic rings. The third-order valence-electron chi connectivity index (χ3n) is 5.52. The van der Waals surface area contributed by atoms with Crippen LogP contribution in [0.25, 0.3) is 0 Å². The molecule has 2 amide bonds. The molecule has 2 fully saturated rings. The van der Waals surface area contributed by atoms with Crippen molar-refractivity contribution in [3.05, 3.63) is 48.4 Å². The van der Waals surface area contributed by atoms with Crippen LogP contribution in [0.15, 0.2) is 47.1 Å². The Bertz CT molecular complexity index is 811. The van der Waals surface area contributed by atoms with Crippen LogP contribution in [0.4, 0.5) is 11.4 Å². The number of carbonyl (C=O) groups is 2. The lowest BCUT2D eigenvalue weighted by molar-refractivity contribution is -0.128. The zero-order valence-electron chi connectivity index (χ0n) is 16.1. The minimum absolute atomic E-state index is 0.0121. The molecule has 7 nitrogen and oxygen atoms in total. The van der Waals surface area contributed by atoms with E-state index in [9.17, 15) is 9.59 Å². The highest BCUT2D eigenvalue weighted by atomic mass is 16.3. The van der Waals surface area contributed by atoms with Crippen LogP contribution in [0, 0.1) is 5.92 Å². The Hall–Kier alpha value is -2.80. The minimum Gasteiger partial charge on any atom is -0.467 e. The van der Waals surface area contributed by atoms with Gasteiger partial charge in [0.25, 0.3) is 0 Å². The second-order valence-electron chi connectivity index (χ2n) is 7.58. The van der Waals surface area contributed by atoms with Crippen molar-refractivity contribution in [2.75, 3.05) is 50.0 Å². The van der Waals surface area contributed by atoms with Crippen LogP contribution in [0.5, 0.6) is 0 Å². The van der Waals surface area contributed by atoms with E-state index in [-0.39, 0.29) is 24.2 Å². The molecule has 1 atom stereocenters. The highest BCUT2D eigenvalue weighted by molar-refractivity contribution is 5.97. The third kappa shape index (κ3) is 4.20. The van der Waals surface area contributed by atoms with Gasteiger partial charge in [0.2, 0.25) is 11.8 Å². The quantitative estimate of drug-likeness (QED) is 0.857. The van der Waals surface area contributed by atoms with Crippen LogP contribution in [0.2, 0.25) is 0 Å². The van der Waals surface area contributed by atoms with E-state index >= 15 is 0 Å². The summed E-state index contributed by atoms with van der Waals surface area (Å²) in [7, 11) is 2.14. The van der Waals surface area contributed by atoms with Gasteiger partial charge in [0, 0.05) is 50.5 Å². The summed E-state index contributed by atoms with van der Waals surface area (Å²) in [5.74, 6) is 0.276. The van der Waals surface area contributed by atoms with Gasteiger partial charge in [-0.05, 0) is 43.4 Å². The highest BCUT2D eigenvalue weighted by Crippen LogP contribution is 2.23. The van der Waals surface area contributed by atoms with Gasteiger partial charge in [-0.1, -0.05) is 0 Å². The molecule has 0 spiro atoms. The first-order valence-electron chi connectivity index (χ1n) is 9.73. The Morgan fingerprint density at radius 3 is 2.57 bits per heavy atom. The Morgan fingerprint density at radius 1 is 1.14 bits per heavy atom. The minimum atomic E-state index is -0.334. The summed E-state index contributed by atoms with van der Waals surface area (Å²) in [6, 6.07) is 11.6. The highest BCUT2D eigenvalue weighted by Gasteiger charge is 2.34. The fraction of sp³-hybridized carbons (Fsp3) is 0.429. The van der Waals surface area contributed by atoms with Gasteiger partial charge in [0.05, 0.1) is 18.7 Å². The largest absolute Gasteiger partial charge is 0.467 e. The molecule has 1 aromatic carbocycles. The molecule has 1 aromatic heterocycles. The number of amides is 2. The van der Waals surface area contributed by atoms with Gasteiger partial charge >= 0.3 is 0 Å². The molecule has 1 N–H and O–H groups in total. The van der Waals surface area contributed by atoms with Crippen LogP contribution in [-0.4, -0.2) is 61.4 Å². The summed E-state index contributed by atoms with van der Waals surface area (Å²) < 4.78 is 5.30. The summed E-state index contributed by atoms with van der Waals surface area (Å²) in [6.07, 6.45) is 1.83. The van der Waals surface area contributed by atoms with E-state index < -0.39 is 0 Å². The Balaban J connectivity index is 1.31. The maximum atomic E-state index is 12.6. The second kappa shape index (κ2) is 8.06. The van der Waals surface area contributed by atoms with E-state index in [0.717, 1.165) is 37.6 Å². The number of carbonyl (C=O) groups excluding carboxylic acids is 2. The van der Waals surface area contributed by atoms with E-state index in [1.165, 1.54) is 5.69 Å². The van der Waals surface area contributed by atoms with E-state index in [0.29, 0.717) is 13.1 Å². The normalized spacial score (nSPS) is 20.6. The van der Waals surface area contributed by atoms with Crippen LogP contribution in [0.1, 0.15) is 12.2 Å². The molecule has 148 valence electrons. The Labute approximate surface area is 164 Å². The number of benzene rings is 1. The summed E-state index contributed by atoms with van der Waals surface area (Å²) in [4.78, 5) is 31.2. The molecule has 0 bridgehead atoms. The number of likely N-dealkylation sites (tertiary alicyclic amines) is 1. The van der Waals surface area contributed by atoms with Gasteiger partial charge in [-0.25, -0.2) is 0 Å². The molecular formula is C21H26N4O3. The molecule has 0 aliphatic carbocycles.